The zero-order valence-corrected chi connectivity index (χ0v) is 23.6. The standard InChI is InChI=1S/C24H29BrClFN6O4/c1-24(2,3)37-23(34)32-8-11-6-15(32)18(11)28-20-13-7-14(26)16(25)17(27)19(13)29-22(21(20)33(35)36)31-9-12(10-31)30(4)5/h7,11-12,15,18H,6,8-10H2,1-5H3,(H,28,29). The van der Waals surface area contributed by atoms with Crippen LogP contribution in [0.4, 0.5) is 26.4 Å². The molecule has 1 aromatic heterocycles. The topological polar surface area (TPSA) is 104 Å². The molecule has 2 aromatic rings. The van der Waals surface area contributed by atoms with Gasteiger partial charge in [-0.05, 0) is 63.3 Å². The van der Waals surface area contributed by atoms with Crippen LogP contribution < -0.4 is 10.2 Å². The Balaban J connectivity index is 1.56. The number of pyridine rings is 1. The van der Waals surface area contributed by atoms with E-state index >= 15 is 4.39 Å². The third-order valence-corrected chi connectivity index (χ3v) is 8.69. The molecule has 1 saturated carbocycles. The summed E-state index contributed by atoms with van der Waals surface area (Å²) in [5.41, 5.74) is -0.705. The first-order chi connectivity index (χ1) is 17.3. The lowest BCUT2D eigenvalue weighted by molar-refractivity contribution is -0.383. The molecule has 0 radical (unpaired) electrons. The molecule has 3 aliphatic heterocycles. The second kappa shape index (κ2) is 9.09. The Morgan fingerprint density at radius 3 is 2.62 bits per heavy atom. The molecule has 10 nitrogen and oxygen atoms in total. The summed E-state index contributed by atoms with van der Waals surface area (Å²) in [4.78, 5) is 34.7. The van der Waals surface area contributed by atoms with Gasteiger partial charge < -0.3 is 24.8 Å². The third kappa shape index (κ3) is 4.46. The van der Waals surface area contributed by atoms with Crippen LogP contribution in [-0.2, 0) is 4.74 Å². The predicted octanol–water partition coefficient (Wildman–Crippen LogP) is 4.87. The summed E-state index contributed by atoms with van der Waals surface area (Å²) in [6.45, 7) is 6.97. The number of carbonyl (C=O) groups excluding carboxylic acids is 1. The normalized spacial score (nSPS) is 23.3. The number of carbonyl (C=O) groups is 1. The van der Waals surface area contributed by atoms with Crippen LogP contribution >= 0.6 is 27.5 Å². The Labute approximate surface area is 227 Å². The number of halogens is 3. The number of nitrogens with one attached hydrogen (secondary N) is 1. The van der Waals surface area contributed by atoms with Crippen molar-refractivity contribution in [1.29, 1.82) is 0 Å². The third-order valence-electron chi connectivity index (χ3n) is 7.38. The molecule has 200 valence electrons. The lowest BCUT2D eigenvalue weighted by Gasteiger charge is -2.43. The van der Waals surface area contributed by atoms with Gasteiger partial charge in [0, 0.05) is 37.0 Å². The number of anilines is 2. The van der Waals surface area contributed by atoms with Gasteiger partial charge in [0.25, 0.3) is 0 Å². The number of benzene rings is 1. The lowest BCUT2D eigenvalue weighted by atomic mass is 9.79. The Morgan fingerprint density at radius 2 is 2.03 bits per heavy atom. The van der Waals surface area contributed by atoms with E-state index in [2.05, 4.69) is 26.2 Å². The molecule has 1 N–H and O–H groups in total. The second-order valence-electron chi connectivity index (χ2n) is 11.2. The molecule has 1 aliphatic carbocycles. The van der Waals surface area contributed by atoms with Gasteiger partial charge in [-0.3, -0.25) is 10.1 Å². The minimum atomic E-state index is -0.682. The smallest absolute Gasteiger partial charge is 0.410 e. The van der Waals surface area contributed by atoms with Gasteiger partial charge in [0.1, 0.15) is 16.8 Å². The number of rotatable bonds is 5. The molecule has 2 bridgehead atoms. The van der Waals surface area contributed by atoms with E-state index in [1.807, 2.05) is 39.8 Å². The molecule has 0 spiro atoms. The van der Waals surface area contributed by atoms with Crippen molar-refractivity contribution in [2.45, 2.75) is 50.9 Å². The number of fused-ring (bicyclic) bond motifs is 2. The fourth-order valence-electron chi connectivity index (χ4n) is 5.31. The van der Waals surface area contributed by atoms with E-state index in [4.69, 9.17) is 16.3 Å². The number of amides is 1. The average molecular weight is 600 g/mol. The van der Waals surface area contributed by atoms with Crippen LogP contribution in [0.3, 0.4) is 0 Å². The van der Waals surface area contributed by atoms with Gasteiger partial charge >= 0.3 is 11.8 Å². The fourth-order valence-corrected chi connectivity index (χ4v) is 5.80. The van der Waals surface area contributed by atoms with Crippen LogP contribution in [0.5, 0.6) is 0 Å². The molecule has 3 saturated heterocycles. The molecular weight excluding hydrogens is 571 g/mol. The maximum absolute atomic E-state index is 15.4. The minimum absolute atomic E-state index is 0.0108. The van der Waals surface area contributed by atoms with Crippen molar-refractivity contribution >= 4 is 61.7 Å². The van der Waals surface area contributed by atoms with E-state index in [9.17, 15) is 14.9 Å². The average Bonchev–Trinajstić information content (AvgIpc) is 3.34. The Kier molecular flexibility index (Phi) is 6.43. The van der Waals surface area contributed by atoms with Gasteiger partial charge in [-0.2, -0.15) is 0 Å². The van der Waals surface area contributed by atoms with Gasteiger partial charge in [-0.25, -0.2) is 14.2 Å². The summed E-state index contributed by atoms with van der Waals surface area (Å²) in [5.74, 6) is -0.484. The molecule has 4 fully saturated rings. The Morgan fingerprint density at radius 1 is 1.35 bits per heavy atom. The van der Waals surface area contributed by atoms with Gasteiger partial charge in [0.15, 0.2) is 5.82 Å². The van der Waals surface area contributed by atoms with E-state index < -0.39 is 22.4 Å². The van der Waals surface area contributed by atoms with Crippen LogP contribution in [-0.4, -0.2) is 83.3 Å². The van der Waals surface area contributed by atoms with Crippen LogP contribution in [0.2, 0.25) is 5.02 Å². The Hall–Kier alpha value is -2.44. The highest BCUT2D eigenvalue weighted by Gasteiger charge is 2.55. The van der Waals surface area contributed by atoms with Crippen molar-refractivity contribution < 1.29 is 18.8 Å². The van der Waals surface area contributed by atoms with Crippen LogP contribution in [0.1, 0.15) is 27.2 Å². The van der Waals surface area contributed by atoms with Crippen molar-refractivity contribution in [3.8, 4) is 0 Å². The maximum atomic E-state index is 15.4. The zero-order chi connectivity index (χ0) is 27.0. The maximum Gasteiger partial charge on any atom is 0.410 e. The fraction of sp³-hybridized carbons (Fsp3) is 0.583. The highest BCUT2D eigenvalue weighted by molar-refractivity contribution is 9.10. The van der Waals surface area contributed by atoms with Crippen molar-refractivity contribution in [3.63, 3.8) is 0 Å². The minimum Gasteiger partial charge on any atom is -0.444 e. The summed E-state index contributed by atoms with van der Waals surface area (Å²) in [6, 6.07) is 1.26. The van der Waals surface area contributed by atoms with Crippen molar-refractivity contribution in [2.24, 2.45) is 5.92 Å². The first-order valence-corrected chi connectivity index (χ1v) is 13.3. The van der Waals surface area contributed by atoms with Gasteiger partial charge in [-0.1, -0.05) is 11.6 Å². The van der Waals surface area contributed by atoms with Gasteiger partial charge in [0.05, 0.1) is 26.5 Å². The van der Waals surface area contributed by atoms with Crippen molar-refractivity contribution in [1.82, 2.24) is 14.8 Å². The van der Waals surface area contributed by atoms with E-state index in [1.54, 1.807) is 9.80 Å². The number of aromatic nitrogens is 1. The quantitative estimate of drug-likeness (QED) is 0.295. The Bertz CT molecular complexity index is 1300. The highest BCUT2D eigenvalue weighted by atomic mass is 79.9. The molecule has 6 rings (SSSR count). The van der Waals surface area contributed by atoms with Gasteiger partial charge in [0.2, 0.25) is 5.82 Å². The monoisotopic (exact) mass is 598 g/mol. The van der Waals surface area contributed by atoms with E-state index in [0.717, 1.165) is 6.42 Å². The predicted molar refractivity (Wildman–Crippen MR) is 143 cm³/mol. The summed E-state index contributed by atoms with van der Waals surface area (Å²) >= 11 is 9.44. The molecule has 1 aromatic carbocycles. The molecule has 13 heteroatoms. The largest absolute Gasteiger partial charge is 0.444 e. The van der Waals surface area contributed by atoms with Gasteiger partial charge in [-0.15, -0.1) is 0 Å². The molecule has 37 heavy (non-hydrogen) atoms. The van der Waals surface area contributed by atoms with E-state index in [0.29, 0.717) is 19.6 Å². The molecule has 3 atom stereocenters. The number of likely N-dealkylation sites (N-methyl/N-ethyl adjacent to an activating group) is 1. The van der Waals surface area contributed by atoms with E-state index in [1.165, 1.54) is 6.07 Å². The number of nitrogens with zero attached hydrogens (tertiary/aromatic N) is 5. The summed E-state index contributed by atoms with van der Waals surface area (Å²) in [6.07, 6.45) is 0.352. The molecule has 4 aliphatic rings. The molecular formula is C24H29BrClFN6O4. The van der Waals surface area contributed by atoms with E-state index in [-0.39, 0.29) is 61.6 Å². The van der Waals surface area contributed by atoms with Crippen LogP contribution in [0, 0.1) is 21.8 Å². The summed E-state index contributed by atoms with van der Waals surface area (Å²) in [7, 11) is 3.89. The first kappa shape index (κ1) is 26.2. The van der Waals surface area contributed by atoms with Crippen LogP contribution in [0.15, 0.2) is 10.5 Å². The number of nitro groups is 1. The summed E-state index contributed by atoms with van der Waals surface area (Å²) in [5, 5.41) is 16.1. The SMILES string of the molecule is CN(C)C1CN(c2nc3c(F)c(Br)c(Cl)cc3c(NC3C4CC3N(C(=O)OC(C)(C)C)C4)c2[N+](=O)[O-])C1. The molecule has 3 unspecified atom stereocenters. The zero-order valence-electron chi connectivity index (χ0n) is 21.2. The number of hydrogen-bond donors (Lipinski definition) is 1. The van der Waals surface area contributed by atoms with Crippen molar-refractivity contribution in [3.05, 3.63) is 31.5 Å². The second-order valence-corrected chi connectivity index (χ2v) is 12.4. The van der Waals surface area contributed by atoms with Crippen LogP contribution in [0.25, 0.3) is 10.9 Å². The highest BCUT2D eigenvalue weighted by Crippen LogP contribution is 2.49. The number of hydrogen-bond acceptors (Lipinski definition) is 8. The molecule has 4 heterocycles. The first-order valence-electron chi connectivity index (χ1n) is 12.1. The number of ether oxygens (including phenoxy) is 1. The summed E-state index contributed by atoms with van der Waals surface area (Å²) < 4.78 is 21.0. The molecule has 1 amide bonds. The lowest BCUT2D eigenvalue weighted by Crippen LogP contribution is -2.58. The van der Waals surface area contributed by atoms with Crippen molar-refractivity contribution in [2.75, 3.05) is 43.9 Å².